The van der Waals surface area contributed by atoms with Gasteiger partial charge >= 0.3 is 0 Å². The minimum atomic E-state index is -0.336. The number of imide groups is 1. The number of hydrogen-bond acceptors (Lipinski definition) is 3. The Hall–Kier alpha value is -1.43. The molecule has 2 N–H and O–H groups in total. The molecule has 0 aromatic heterocycles. The van der Waals surface area contributed by atoms with Gasteiger partial charge in [-0.2, -0.15) is 0 Å². The summed E-state index contributed by atoms with van der Waals surface area (Å²) in [6.07, 6.45) is 2.56. The number of quaternary nitrogens is 1. The van der Waals surface area contributed by atoms with Crippen LogP contribution in [0, 0.1) is 0 Å². The Balaban J connectivity index is 1.65. The van der Waals surface area contributed by atoms with E-state index in [1.54, 1.807) is 24.3 Å². The van der Waals surface area contributed by atoms with Gasteiger partial charge in [-0.05, 0) is 37.1 Å². The average Bonchev–Trinajstić information content (AvgIpc) is 3.07. The average molecular weight is 310 g/mol. The van der Waals surface area contributed by atoms with Crippen LogP contribution in [0.4, 0.5) is 5.69 Å². The molecular formula is C15H18ClN2O3+. The van der Waals surface area contributed by atoms with E-state index in [1.165, 1.54) is 4.90 Å². The van der Waals surface area contributed by atoms with Crippen molar-refractivity contribution in [3.63, 3.8) is 0 Å². The summed E-state index contributed by atoms with van der Waals surface area (Å²) in [5.41, 5.74) is 0.586. The van der Waals surface area contributed by atoms with Crippen LogP contribution in [-0.4, -0.2) is 37.1 Å². The molecule has 2 amide bonds. The second-order valence-electron chi connectivity index (χ2n) is 5.46. The molecule has 112 valence electrons. The molecule has 2 atom stereocenters. The molecule has 0 saturated carbocycles. The van der Waals surface area contributed by atoms with Gasteiger partial charge < -0.3 is 10.1 Å². The molecule has 1 aromatic carbocycles. The lowest BCUT2D eigenvalue weighted by molar-refractivity contribution is -0.680. The molecular weight excluding hydrogens is 292 g/mol. The lowest BCUT2D eigenvalue weighted by Gasteiger charge is -2.15. The van der Waals surface area contributed by atoms with Crippen molar-refractivity contribution in [3.8, 4) is 0 Å². The number of halogens is 1. The minimum Gasteiger partial charge on any atom is -0.372 e. The van der Waals surface area contributed by atoms with E-state index in [0.717, 1.165) is 26.0 Å². The monoisotopic (exact) mass is 309 g/mol. The zero-order valence-electron chi connectivity index (χ0n) is 11.6. The third-order valence-electron chi connectivity index (χ3n) is 3.97. The fourth-order valence-corrected chi connectivity index (χ4v) is 2.97. The quantitative estimate of drug-likeness (QED) is 0.833. The van der Waals surface area contributed by atoms with E-state index in [2.05, 4.69) is 0 Å². The second kappa shape index (κ2) is 6.13. The number of carbonyl (C=O) groups excluding carboxylic acids is 2. The van der Waals surface area contributed by atoms with Crippen molar-refractivity contribution in [2.45, 2.75) is 31.4 Å². The lowest BCUT2D eigenvalue weighted by atomic mass is 10.2. The van der Waals surface area contributed by atoms with Gasteiger partial charge in [0.25, 0.3) is 5.91 Å². The van der Waals surface area contributed by atoms with Crippen molar-refractivity contribution in [2.24, 2.45) is 0 Å². The third kappa shape index (κ3) is 3.10. The first-order valence-corrected chi connectivity index (χ1v) is 7.60. The van der Waals surface area contributed by atoms with Crippen LogP contribution < -0.4 is 10.2 Å². The summed E-state index contributed by atoms with van der Waals surface area (Å²) in [6.45, 7) is 1.53. The Morgan fingerprint density at radius 1 is 1.29 bits per heavy atom. The molecule has 2 aliphatic rings. The van der Waals surface area contributed by atoms with Gasteiger partial charge in [-0.3, -0.25) is 9.59 Å². The molecule has 0 radical (unpaired) electrons. The van der Waals surface area contributed by atoms with E-state index in [-0.39, 0.29) is 30.4 Å². The molecule has 0 unspecified atom stereocenters. The second-order valence-corrected chi connectivity index (χ2v) is 5.90. The molecule has 3 rings (SSSR count). The highest BCUT2D eigenvalue weighted by Gasteiger charge is 2.42. The highest BCUT2D eigenvalue weighted by molar-refractivity contribution is 6.30. The van der Waals surface area contributed by atoms with Crippen LogP contribution in [-0.2, 0) is 14.3 Å². The summed E-state index contributed by atoms with van der Waals surface area (Å²) in [5.74, 6) is -0.309. The number of carbonyl (C=O) groups is 2. The van der Waals surface area contributed by atoms with Crippen molar-refractivity contribution in [3.05, 3.63) is 29.3 Å². The van der Waals surface area contributed by atoms with Crippen LogP contribution in [0.1, 0.15) is 19.3 Å². The lowest BCUT2D eigenvalue weighted by Crippen LogP contribution is -2.93. The first-order valence-electron chi connectivity index (χ1n) is 7.22. The van der Waals surface area contributed by atoms with Gasteiger partial charge in [-0.15, -0.1) is 0 Å². The number of rotatable bonds is 4. The van der Waals surface area contributed by atoms with E-state index in [1.807, 2.05) is 5.32 Å². The highest BCUT2D eigenvalue weighted by atomic mass is 35.5. The Kier molecular flexibility index (Phi) is 4.24. The molecule has 2 fully saturated rings. The number of nitrogens with zero attached hydrogens (tertiary/aromatic N) is 1. The maximum Gasteiger partial charge on any atom is 0.292 e. The topological polar surface area (TPSA) is 63.2 Å². The van der Waals surface area contributed by atoms with Crippen LogP contribution in [0.2, 0.25) is 5.02 Å². The summed E-state index contributed by atoms with van der Waals surface area (Å²) in [4.78, 5) is 25.8. The SMILES string of the molecule is O=C1C[C@@H]([NH2+]C[C@H]2CCCO2)C(=O)N1c1ccc(Cl)cc1. The first kappa shape index (κ1) is 14.5. The van der Waals surface area contributed by atoms with E-state index in [4.69, 9.17) is 16.3 Å². The van der Waals surface area contributed by atoms with Crippen molar-refractivity contribution < 1.29 is 19.6 Å². The van der Waals surface area contributed by atoms with Crippen LogP contribution in [0.3, 0.4) is 0 Å². The molecule has 2 heterocycles. The molecule has 0 spiro atoms. The summed E-state index contributed by atoms with van der Waals surface area (Å²) < 4.78 is 5.54. The number of benzene rings is 1. The van der Waals surface area contributed by atoms with Gasteiger partial charge in [0.1, 0.15) is 12.6 Å². The fraction of sp³-hybridized carbons (Fsp3) is 0.467. The smallest absolute Gasteiger partial charge is 0.292 e. The van der Waals surface area contributed by atoms with Crippen molar-refractivity contribution in [1.82, 2.24) is 0 Å². The standard InChI is InChI=1S/C15H17ClN2O3/c16-10-3-5-11(6-4-10)18-14(19)8-13(15(18)20)17-9-12-2-1-7-21-12/h3-6,12-13,17H,1-2,7-9H2/p+1/t12-,13-/m1/s1. The van der Waals surface area contributed by atoms with Gasteiger partial charge in [0.15, 0.2) is 6.04 Å². The van der Waals surface area contributed by atoms with E-state index < -0.39 is 0 Å². The Labute approximate surface area is 128 Å². The first-order chi connectivity index (χ1) is 10.1. The molecule has 0 bridgehead atoms. The molecule has 21 heavy (non-hydrogen) atoms. The summed E-state index contributed by atoms with van der Waals surface area (Å²) in [7, 11) is 0. The van der Waals surface area contributed by atoms with Gasteiger partial charge in [-0.25, -0.2) is 4.90 Å². The Morgan fingerprint density at radius 3 is 2.71 bits per heavy atom. The normalized spacial score (nSPS) is 25.9. The largest absolute Gasteiger partial charge is 0.372 e. The molecule has 0 aliphatic carbocycles. The van der Waals surface area contributed by atoms with Crippen LogP contribution in [0.15, 0.2) is 24.3 Å². The number of hydrogen-bond donors (Lipinski definition) is 1. The Morgan fingerprint density at radius 2 is 2.05 bits per heavy atom. The van der Waals surface area contributed by atoms with E-state index in [0.29, 0.717) is 10.7 Å². The zero-order valence-corrected chi connectivity index (χ0v) is 12.4. The number of ether oxygens (including phenoxy) is 1. The summed E-state index contributed by atoms with van der Waals surface area (Å²) >= 11 is 5.83. The number of amides is 2. The van der Waals surface area contributed by atoms with Gasteiger partial charge in [0.2, 0.25) is 5.91 Å². The Bertz CT molecular complexity index is 540. The van der Waals surface area contributed by atoms with Gasteiger partial charge in [-0.1, -0.05) is 11.6 Å². The van der Waals surface area contributed by atoms with Crippen LogP contribution in [0.5, 0.6) is 0 Å². The summed E-state index contributed by atoms with van der Waals surface area (Å²) in [6, 6.07) is 6.42. The summed E-state index contributed by atoms with van der Waals surface area (Å²) in [5, 5.41) is 2.52. The number of nitrogens with two attached hydrogens (primary N) is 1. The van der Waals surface area contributed by atoms with Crippen molar-refractivity contribution >= 4 is 29.1 Å². The predicted molar refractivity (Wildman–Crippen MR) is 78.1 cm³/mol. The fourth-order valence-electron chi connectivity index (χ4n) is 2.85. The molecule has 2 saturated heterocycles. The van der Waals surface area contributed by atoms with Crippen molar-refractivity contribution in [1.29, 1.82) is 0 Å². The highest BCUT2D eigenvalue weighted by Crippen LogP contribution is 2.23. The number of anilines is 1. The van der Waals surface area contributed by atoms with Gasteiger partial charge in [0, 0.05) is 11.6 Å². The van der Waals surface area contributed by atoms with Gasteiger partial charge in [0.05, 0.1) is 12.1 Å². The maximum absolute atomic E-state index is 12.4. The molecule has 6 heteroatoms. The van der Waals surface area contributed by atoms with E-state index >= 15 is 0 Å². The van der Waals surface area contributed by atoms with E-state index in [9.17, 15) is 9.59 Å². The molecule has 2 aliphatic heterocycles. The molecule has 1 aromatic rings. The maximum atomic E-state index is 12.4. The third-order valence-corrected chi connectivity index (χ3v) is 4.23. The van der Waals surface area contributed by atoms with Crippen molar-refractivity contribution in [2.75, 3.05) is 18.1 Å². The van der Waals surface area contributed by atoms with Crippen LogP contribution in [0.25, 0.3) is 0 Å². The minimum absolute atomic E-state index is 0.152. The molecule has 5 nitrogen and oxygen atoms in total. The van der Waals surface area contributed by atoms with Crippen LogP contribution >= 0.6 is 11.6 Å². The zero-order chi connectivity index (χ0) is 14.8. The predicted octanol–water partition coefficient (Wildman–Crippen LogP) is 0.714.